The van der Waals surface area contributed by atoms with Crippen molar-refractivity contribution in [1.82, 2.24) is 9.97 Å². The number of nitrogen functional groups attached to an aromatic ring is 1. The molecule has 2 aromatic rings. The summed E-state index contributed by atoms with van der Waals surface area (Å²) < 4.78 is 5.26. The van der Waals surface area contributed by atoms with Crippen LogP contribution in [0.15, 0.2) is 30.5 Å². The lowest BCUT2D eigenvalue weighted by Gasteiger charge is -2.10. The average molecular weight is 265 g/mol. The topological polar surface area (TPSA) is 73.1 Å². The minimum absolute atomic E-state index is 0.182. The first-order valence-electron chi connectivity index (χ1n) is 5.34. The molecular formula is C12H13ClN4O. The van der Waals surface area contributed by atoms with Crippen LogP contribution in [0.4, 0.5) is 11.8 Å². The maximum Gasteiger partial charge on any atom is 0.222 e. The molecular weight excluding hydrogens is 252 g/mol. The van der Waals surface area contributed by atoms with Gasteiger partial charge >= 0.3 is 0 Å². The number of hydrogen-bond acceptors (Lipinski definition) is 5. The highest BCUT2D eigenvalue weighted by Crippen LogP contribution is 2.22. The highest BCUT2D eigenvalue weighted by molar-refractivity contribution is 6.32. The third-order valence-corrected chi connectivity index (χ3v) is 2.68. The SMILES string of the molecule is COc1ccccc1CNc1nc(N)ncc1Cl. The first-order chi connectivity index (χ1) is 8.70. The summed E-state index contributed by atoms with van der Waals surface area (Å²) in [5, 5.41) is 3.53. The number of methoxy groups -OCH3 is 1. The number of anilines is 2. The molecule has 0 saturated carbocycles. The van der Waals surface area contributed by atoms with Crippen molar-refractivity contribution in [1.29, 1.82) is 0 Å². The summed E-state index contributed by atoms with van der Waals surface area (Å²) in [6.07, 6.45) is 1.47. The van der Waals surface area contributed by atoms with E-state index in [1.165, 1.54) is 6.20 Å². The lowest BCUT2D eigenvalue weighted by Crippen LogP contribution is -2.05. The molecule has 0 fully saturated rings. The van der Waals surface area contributed by atoms with E-state index in [-0.39, 0.29) is 5.95 Å². The smallest absolute Gasteiger partial charge is 0.222 e. The van der Waals surface area contributed by atoms with E-state index in [0.29, 0.717) is 17.4 Å². The molecule has 6 heteroatoms. The molecule has 94 valence electrons. The number of nitrogens with zero attached hydrogens (tertiary/aromatic N) is 2. The van der Waals surface area contributed by atoms with Gasteiger partial charge in [0.1, 0.15) is 10.8 Å². The quantitative estimate of drug-likeness (QED) is 0.887. The second kappa shape index (κ2) is 5.55. The molecule has 0 aliphatic carbocycles. The van der Waals surface area contributed by atoms with Crippen molar-refractivity contribution in [3.05, 3.63) is 41.0 Å². The van der Waals surface area contributed by atoms with Crippen LogP contribution in [-0.4, -0.2) is 17.1 Å². The molecule has 0 atom stereocenters. The van der Waals surface area contributed by atoms with Crippen molar-refractivity contribution >= 4 is 23.4 Å². The van der Waals surface area contributed by atoms with Crippen LogP contribution in [0.2, 0.25) is 5.02 Å². The fourth-order valence-corrected chi connectivity index (χ4v) is 1.69. The molecule has 0 spiro atoms. The Morgan fingerprint density at radius 3 is 2.94 bits per heavy atom. The third kappa shape index (κ3) is 2.81. The molecule has 0 amide bonds. The zero-order valence-corrected chi connectivity index (χ0v) is 10.6. The van der Waals surface area contributed by atoms with Gasteiger partial charge in [-0.2, -0.15) is 4.98 Å². The molecule has 2 rings (SSSR count). The second-order valence-corrected chi connectivity index (χ2v) is 4.00. The first kappa shape index (κ1) is 12.4. The van der Waals surface area contributed by atoms with Gasteiger partial charge in [0.25, 0.3) is 0 Å². The summed E-state index contributed by atoms with van der Waals surface area (Å²) >= 11 is 5.96. The van der Waals surface area contributed by atoms with Crippen LogP contribution in [0.5, 0.6) is 5.75 Å². The van der Waals surface area contributed by atoms with E-state index < -0.39 is 0 Å². The average Bonchev–Trinajstić information content (AvgIpc) is 2.40. The van der Waals surface area contributed by atoms with Crippen molar-refractivity contribution in [3.63, 3.8) is 0 Å². The standard InChI is InChI=1S/C12H13ClN4O/c1-18-10-5-3-2-4-8(10)6-15-11-9(13)7-16-12(14)17-11/h2-5,7H,6H2,1H3,(H3,14,15,16,17). The number of rotatable bonds is 4. The number of para-hydroxylation sites is 1. The number of ether oxygens (including phenoxy) is 1. The molecule has 1 aromatic carbocycles. The van der Waals surface area contributed by atoms with E-state index in [1.54, 1.807) is 7.11 Å². The Bertz CT molecular complexity index is 547. The fourth-order valence-electron chi connectivity index (χ4n) is 1.53. The predicted molar refractivity (Wildman–Crippen MR) is 71.8 cm³/mol. The summed E-state index contributed by atoms with van der Waals surface area (Å²) in [6, 6.07) is 7.71. The van der Waals surface area contributed by atoms with Gasteiger partial charge in [-0.15, -0.1) is 0 Å². The molecule has 5 nitrogen and oxygen atoms in total. The van der Waals surface area contributed by atoms with Crippen LogP contribution in [0.1, 0.15) is 5.56 Å². The molecule has 18 heavy (non-hydrogen) atoms. The van der Waals surface area contributed by atoms with E-state index in [9.17, 15) is 0 Å². The van der Waals surface area contributed by atoms with Gasteiger partial charge in [0, 0.05) is 12.1 Å². The summed E-state index contributed by atoms with van der Waals surface area (Å²) in [4.78, 5) is 7.82. The van der Waals surface area contributed by atoms with Gasteiger partial charge in [-0.25, -0.2) is 4.98 Å². The van der Waals surface area contributed by atoms with Gasteiger partial charge in [-0.1, -0.05) is 29.8 Å². The number of nitrogens with one attached hydrogen (secondary N) is 1. The molecule has 1 heterocycles. The van der Waals surface area contributed by atoms with Crippen LogP contribution < -0.4 is 15.8 Å². The Morgan fingerprint density at radius 1 is 1.39 bits per heavy atom. The van der Waals surface area contributed by atoms with Crippen molar-refractivity contribution < 1.29 is 4.74 Å². The Morgan fingerprint density at radius 2 is 2.17 bits per heavy atom. The van der Waals surface area contributed by atoms with E-state index in [1.807, 2.05) is 24.3 Å². The zero-order chi connectivity index (χ0) is 13.0. The number of halogens is 1. The minimum Gasteiger partial charge on any atom is -0.496 e. The maximum absolute atomic E-state index is 5.96. The molecule has 0 bridgehead atoms. The van der Waals surface area contributed by atoms with E-state index in [0.717, 1.165) is 11.3 Å². The number of nitrogens with two attached hydrogens (primary N) is 1. The van der Waals surface area contributed by atoms with Gasteiger partial charge < -0.3 is 15.8 Å². The van der Waals surface area contributed by atoms with Crippen molar-refractivity contribution in [2.75, 3.05) is 18.2 Å². The monoisotopic (exact) mass is 264 g/mol. The Hall–Kier alpha value is -2.01. The summed E-state index contributed by atoms with van der Waals surface area (Å²) in [7, 11) is 1.63. The summed E-state index contributed by atoms with van der Waals surface area (Å²) in [5.74, 6) is 1.50. The minimum atomic E-state index is 0.182. The van der Waals surface area contributed by atoms with Crippen molar-refractivity contribution in [3.8, 4) is 5.75 Å². The van der Waals surface area contributed by atoms with E-state index in [4.69, 9.17) is 22.1 Å². The van der Waals surface area contributed by atoms with Crippen LogP contribution >= 0.6 is 11.6 Å². The van der Waals surface area contributed by atoms with Crippen LogP contribution in [0.3, 0.4) is 0 Å². The number of aromatic nitrogens is 2. The van der Waals surface area contributed by atoms with Crippen LogP contribution in [0, 0.1) is 0 Å². The fraction of sp³-hybridized carbons (Fsp3) is 0.167. The molecule has 0 saturated heterocycles. The van der Waals surface area contributed by atoms with E-state index >= 15 is 0 Å². The Labute approximate surface area is 110 Å². The van der Waals surface area contributed by atoms with Gasteiger partial charge in [0.05, 0.1) is 13.3 Å². The Kier molecular flexibility index (Phi) is 3.84. The molecule has 3 N–H and O–H groups in total. The van der Waals surface area contributed by atoms with Crippen LogP contribution in [-0.2, 0) is 6.54 Å². The van der Waals surface area contributed by atoms with Gasteiger partial charge in [-0.3, -0.25) is 0 Å². The zero-order valence-electron chi connectivity index (χ0n) is 9.85. The van der Waals surface area contributed by atoms with Crippen LogP contribution in [0.25, 0.3) is 0 Å². The molecule has 1 aromatic heterocycles. The van der Waals surface area contributed by atoms with Crippen molar-refractivity contribution in [2.45, 2.75) is 6.54 Å². The second-order valence-electron chi connectivity index (χ2n) is 3.59. The van der Waals surface area contributed by atoms with E-state index in [2.05, 4.69) is 15.3 Å². The lowest BCUT2D eigenvalue weighted by molar-refractivity contribution is 0.410. The molecule has 0 unspecified atom stereocenters. The first-order valence-corrected chi connectivity index (χ1v) is 5.72. The lowest BCUT2D eigenvalue weighted by atomic mass is 10.2. The predicted octanol–water partition coefficient (Wildman–Crippen LogP) is 2.33. The van der Waals surface area contributed by atoms with Gasteiger partial charge in [0.15, 0.2) is 5.82 Å². The van der Waals surface area contributed by atoms with Gasteiger partial charge in [-0.05, 0) is 6.07 Å². The largest absolute Gasteiger partial charge is 0.496 e. The summed E-state index contributed by atoms with van der Waals surface area (Å²) in [5.41, 5.74) is 6.51. The number of benzene rings is 1. The third-order valence-electron chi connectivity index (χ3n) is 2.40. The van der Waals surface area contributed by atoms with Gasteiger partial charge in [0.2, 0.25) is 5.95 Å². The highest BCUT2D eigenvalue weighted by Gasteiger charge is 2.05. The molecule has 0 radical (unpaired) electrons. The Balaban J connectivity index is 2.14. The summed E-state index contributed by atoms with van der Waals surface area (Å²) in [6.45, 7) is 0.542. The maximum atomic E-state index is 5.96. The normalized spacial score (nSPS) is 10.1. The molecule has 0 aliphatic heterocycles. The highest BCUT2D eigenvalue weighted by atomic mass is 35.5. The molecule has 0 aliphatic rings. The number of hydrogen-bond donors (Lipinski definition) is 2. The van der Waals surface area contributed by atoms with Crippen molar-refractivity contribution in [2.24, 2.45) is 0 Å².